The van der Waals surface area contributed by atoms with Crippen molar-refractivity contribution < 1.29 is 19.3 Å². The van der Waals surface area contributed by atoms with Gasteiger partial charge in [-0.25, -0.2) is 9.67 Å². The van der Waals surface area contributed by atoms with Gasteiger partial charge < -0.3 is 24.3 Å². The van der Waals surface area contributed by atoms with Gasteiger partial charge in [0.05, 0.1) is 35.1 Å². The van der Waals surface area contributed by atoms with E-state index in [2.05, 4.69) is 27.2 Å². The van der Waals surface area contributed by atoms with Gasteiger partial charge in [-0.1, -0.05) is 48.0 Å². The summed E-state index contributed by atoms with van der Waals surface area (Å²) in [5.74, 6) is 0. The molecule has 0 aliphatic carbocycles. The molecule has 7 rings (SSSR count). The first-order valence-electron chi connectivity index (χ1n) is 12.0. The highest BCUT2D eigenvalue weighted by molar-refractivity contribution is 6.33. The summed E-state index contributed by atoms with van der Waals surface area (Å²) < 4.78 is 19.1. The minimum absolute atomic E-state index is 0.241. The van der Waals surface area contributed by atoms with Gasteiger partial charge in [0, 0.05) is 18.0 Å². The van der Waals surface area contributed by atoms with E-state index in [1.807, 2.05) is 53.3 Å². The molecule has 2 aliphatic heterocycles. The first kappa shape index (κ1) is 22.4. The Morgan fingerprint density at radius 3 is 2.43 bits per heavy atom. The molecule has 2 N–H and O–H groups in total. The summed E-state index contributed by atoms with van der Waals surface area (Å²) in [4.78, 5) is 12.3. The third kappa shape index (κ3) is 4.06. The molecule has 5 aromatic rings. The third-order valence-corrected chi connectivity index (χ3v) is 7.07. The zero-order chi connectivity index (χ0) is 24.9. The molecule has 2 aliphatic rings. The molecule has 5 heterocycles. The number of benzene rings is 2. The zero-order valence-corrected chi connectivity index (χ0v) is 20.2. The number of aliphatic hydroxyl groups excluding tert-OH is 1. The number of nitrogens with zero attached hydrogens (tertiary/aromatic N) is 4. The van der Waals surface area contributed by atoms with Crippen LogP contribution in [-0.2, 0) is 9.47 Å². The lowest BCUT2D eigenvalue weighted by Gasteiger charge is -2.15. The predicted molar refractivity (Wildman–Crippen MR) is 137 cm³/mol. The number of H-pyrrole nitrogens is 1. The third-order valence-electron chi connectivity index (χ3n) is 6.78. The van der Waals surface area contributed by atoms with Gasteiger partial charge in [-0.2, -0.15) is 10.1 Å². The molecule has 186 valence electrons. The van der Waals surface area contributed by atoms with Crippen LogP contribution in [0.4, 0.5) is 0 Å². The maximum Gasteiger partial charge on any atom is 0.296 e. The number of aromatic amines is 1. The van der Waals surface area contributed by atoms with Crippen LogP contribution in [0.5, 0.6) is 6.01 Å². The fraction of sp³-hybridized carbons (Fsp3) is 0.222. The highest BCUT2D eigenvalue weighted by Gasteiger charge is 2.48. The number of aromatic nitrogens is 5. The Morgan fingerprint density at radius 1 is 0.946 bits per heavy atom. The van der Waals surface area contributed by atoms with E-state index in [0.29, 0.717) is 34.5 Å². The van der Waals surface area contributed by atoms with Gasteiger partial charge >= 0.3 is 0 Å². The van der Waals surface area contributed by atoms with Crippen molar-refractivity contribution in [1.29, 1.82) is 0 Å². The van der Waals surface area contributed by atoms with Crippen LogP contribution in [0.1, 0.15) is 0 Å². The van der Waals surface area contributed by atoms with Crippen LogP contribution in [0.3, 0.4) is 0 Å². The average Bonchev–Trinajstić information content (AvgIpc) is 3.71. The van der Waals surface area contributed by atoms with Crippen molar-refractivity contribution >= 4 is 22.8 Å². The Balaban J connectivity index is 1.11. The smallest absolute Gasteiger partial charge is 0.296 e. The van der Waals surface area contributed by atoms with Crippen molar-refractivity contribution in [2.75, 3.05) is 13.2 Å². The molecular weight excluding hydrogens is 494 g/mol. The topological polar surface area (TPSA) is 107 Å². The quantitative estimate of drug-likeness (QED) is 0.364. The van der Waals surface area contributed by atoms with Crippen molar-refractivity contribution in [1.82, 2.24) is 24.7 Å². The minimum atomic E-state index is -0.634. The molecule has 0 spiro atoms. The summed E-state index contributed by atoms with van der Waals surface area (Å²) in [6.45, 7) is 0.562. The van der Waals surface area contributed by atoms with E-state index in [4.69, 9.17) is 30.8 Å². The van der Waals surface area contributed by atoms with Gasteiger partial charge in [0.2, 0.25) is 0 Å². The first-order chi connectivity index (χ1) is 18.1. The maximum absolute atomic E-state index is 9.94. The minimum Gasteiger partial charge on any atom is -0.456 e. The predicted octanol–water partition coefficient (Wildman–Crippen LogP) is 4.04. The van der Waals surface area contributed by atoms with Crippen LogP contribution < -0.4 is 4.74 Å². The molecule has 2 fully saturated rings. The number of halogens is 1. The lowest BCUT2D eigenvalue weighted by molar-refractivity contribution is 0.00706. The highest BCUT2D eigenvalue weighted by atomic mass is 35.5. The Labute approximate surface area is 216 Å². The van der Waals surface area contributed by atoms with E-state index in [1.165, 1.54) is 0 Å². The molecule has 0 saturated carbocycles. The van der Waals surface area contributed by atoms with Crippen LogP contribution in [-0.4, -0.2) is 67.5 Å². The molecule has 9 nitrogen and oxygen atoms in total. The number of nitrogens with one attached hydrogen (secondary N) is 1. The van der Waals surface area contributed by atoms with E-state index in [1.54, 1.807) is 12.3 Å². The SMILES string of the molecule is O[C@@H]1CO[C@@H]2C(Oc3nc4nc(-c5ccc(-c6ccc(-n7cccn7)cc6)cc5)c(Cl)cc4[nH]3)CO[C@H]12. The van der Waals surface area contributed by atoms with Gasteiger partial charge in [0.1, 0.15) is 18.3 Å². The summed E-state index contributed by atoms with van der Waals surface area (Å²) in [6.07, 6.45) is 1.99. The van der Waals surface area contributed by atoms with E-state index in [-0.39, 0.29) is 24.9 Å². The van der Waals surface area contributed by atoms with Crippen LogP contribution in [0.15, 0.2) is 73.1 Å². The van der Waals surface area contributed by atoms with Gasteiger partial charge in [-0.15, -0.1) is 0 Å². The number of rotatable bonds is 5. The number of imidazole rings is 1. The number of pyridine rings is 1. The molecule has 0 amide bonds. The van der Waals surface area contributed by atoms with Gasteiger partial charge in [0.15, 0.2) is 11.8 Å². The van der Waals surface area contributed by atoms with Gasteiger partial charge in [0.25, 0.3) is 6.01 Å². The summed E-state index contributed by atoms with van der Waals surface area (Å²) >= 11 is 6.60. The monoisotopic (exact) mass is 515 g/mol. The largest absolute Gasteiger partial charge is 0.456 e. The standard InChI is InChI=1S/C27H22ClN5O4/c28-19-12-20-26(32-27(30-20)37-22-14-36-24-21(34)13-35-25(22)24)31-23(19)17-4-2-15(3-5-17)16-6-8-18(9-7-16)33-11-1-10-29-33/h1-12,21-22,24-25,34H,13-14H2,(H,30,31,32)/t21-,22?,24-,25-/m1/s1. The van der Waals surface area contributed by atoms with Crippen molar-refractivity contribution in [3.05, 3.63) is 78.1 Å². The zero-order valence-electron chi connectivity index (χ0n) is 19.5. The molecule has 37 heavy (non-hydrogen) atoms. The van der Waals surface area contributed by atoms with Gasteiger partial charge in [-0.3, -0.25) is 0 Å². The van der Waals surface area contributed by atoms with Crippen LogP contribution >= 0.6 is 11.6 Å². The molecule has 10 heteroatoms. The van der Waals surface area contributed by atoms with E-state index in [0.717, 1.165) is 22.4 Å². The Morgan fingerprint density at radius 2 is 1.68 bits per heavy atom. The Kier molecular flexibility index (Phi) is 5.44. The Hall–Kier alpha value is -3.76. The van der Waals surface area contributed by atoms with Crippen molar-refractivity contribution in [3.8, 4) is 34.1 Å². The van der Waals surface area contributed by atoms with Crippen LogP contribution in [0.2, 0.25) is 5.02 Å². The van der Waals surface area contributed by atoms with E-state index < -0.39 is 6.10 Å². The maximum atomic E-state index is 9.94. The molecular formula is C27H22ClN5O4. The fourth-order valence-electron chi connectivity index (χ4n) is 4.89. The molecule has 4 atom stereocenters. The molecule has 3 aromatic heterocycles. The lowest BCUT2D eigenvalue weighted by Crippen LogP contribution is -2.34. The summed E-state index contributed by atoms with van der Waals surface area (Å²) in [5.41, 5.74) is 5.87. The van der Waals surface area contributed by atoms with Gasteiger partial charge in [-0.05, 0) is 35.4 Å². The molecule has 0 radical (unpaired) electrons. The summed E-state index contributed by atoms with van der Waals surface area (Å²) in [7, 11) is 0. The highest BCUT2D eigenvalue weighted by Crippen LogP contribution is 2.33. The summed E-state index contributed by atoms with van der Waals surface area (Å²) in [6, 6.07) is 20.3. The van der Waals surface area contributed by atoms with Crippen LogP contribution in [0.25, 0.3) is 39.2 Å². The number of hydrogen-bond donors (Lipinski definition) is 2. The van der Waals surface area contributed by atoms with Crippen molar-refractivity contribution in [2.45, 2.75) is 24.4 Å². The van der Waals surface area contributed by atoms with Crippen molar-refractivity contribution in [3.63, 3.8) is 0 Å². The second-order valence-corrected chi connectivity index (χ2v) is 9.53. The second-order valence-electron chi connectivity index (χ2n) is 9.13. The molecule has 2 aromatic carbocycles. The van der Waals surface area contributed by atoms with E-state index in [9.17, 15) is 5.11 Å². The Bertz CT molecular complexity index is 1550. The first-order valence-corrected chi connectivity index (χ1v) is 12.4. The van der Waals surface area contributed by atoms with E-state index >= 15 is 0 Å². The second kappa shape index (κ2) is 8.97. The van der Waals surface area contributed by atoms with Crippen molar-refractivity contribution in [2.24, 2.45) is 0 Å². The summed E-state index contributed by atoms with van der Waals surface area (Å²) in [5, 5.41) is 14.7. The number of fused-ring (bicyclic) bond motifs is 2. The normalized spacial score (nSPS) is 23.0. The fourth-order valence-corrected chi connectivity index (χ4v) is 5.15. The molecule has 2 saturated heterocycles. The molecule has 0 bridgehead atoms. The average molecular weight is 516 g/mol. The number of ether oxygens (including phenoxy) is 3. The number of aliphatic hydroxyl groups is 1. The van der Waals surface area contributed by atoms with Crippen LogP contribution in [0, 0.1) is 0 Å². The molecule has 1 unspecified atom stereocenters. The lowest BCUT2D eigenvalue weighted by atomic mass is 10.0. The number of hydrogen-bond acceptors (Lipinski definition) is 7.